The van der Waals surface area contributed by atoms with E-state index in [4.69, 9.17) is 56.8 Å². The third-order valence-corrected chi connectivity index (χ3v) is 17.5. The SMILES string of the molecule is CC(=O)NC1[C@H](OCCCCC(=O)CCCCN(CCCN(CCCNC(=O)CCCCO[C@@H]2OC(COC(C)=O)[C@H](OC(C)=O)[C@H](C)C2NC(C)=O)C(=O)CCCCC(=O)O)C(=O)CCCCO[C@@H]2OC(COC(C)=O)[C@H](OC(C)=O)[C@H](C)C2NC(C)=O)OC(COC(C)=O)[C@H](OC(C)=O)[C@@H]1C. The Labute approximate surface area is 603 Å². The van der Waals surface area contributed by atoms with Gasteiger partial charge in [-0.05, 0) is 77.0 Å². The van der Waals surface area contributed by atoms with Gasteiger partial charge in [0.1, 0.15) is 62.2 Å². The Morgan fingerprint density at radius 2 is 0.680 bits per heavy atom. The van der Waals surface area contributed by atoms with Crippen molar-refractivity contribution < 1.29 is 129 Å². The number of esters is 6. The van der Waals surface area contributed by atoms with E-state index in [1.807, 2.05) is 0 Å². The average Bonchev–Trinajstić information content (AvgIpc) is 0.811. The van der Waals surface area contributed by atoms with Crippen LogP contribution in [-0.2, 0) is 124 Å². The summed E-state index contributed by atoms with van der Waals surface area (Å²) in [5, 5.41) is 20.6. The summed E-state index contributed by atoms with van der Waals surface area (Å²) < 4.78 is 68.8. The number of unbranched alkanes of at least 4 members (excludes halogenated alkanes) is 5. The molecule has 33 nitrogen and oxygen atoms in total. The van der Waals surface area contributed by atoms with Gasteiger partial charge < -0.3 is 93.0 Å². The molecule has 3 aliphatic rings. The summed E-state index contributed by atoms with van der Waals surface area (Å²) in [5.41, 5.74) is 0. The number of carbonyl (C=O) groups excluding carboxylic acids is 13. The number of aliphatic carboxylic acids is 1. The van der Waals surface area contributed by atoms with Crippen molar-refractivity contribution in [3.8, 4) is 0 Å². The predicted octanol–water partition coefficient (Wildman–Crippen LogP) is 3.57. The molecular formula is C70H114N6O27. The van der Waals surface area contributed by atoms with Crippen LogP contribution in [0.5, 0.6) is 0 Å². The van der Waals surface area contributed by atoms with Crippen LogP contribution in [0, 0.1) is 17.8 Å². The van der Waals surface area contributed by atoms with Crippen molar-refractivity contribution in [2.24, 2.45) is 17.8 Å². The summed E-state index contributed by atoms with van der Waals surface area (Å²) in [7, 11) is 0. The highest BCUT2D eigenvalue weighted by Gasteiger charge is 2.50. The van der Waals surface area contributed by atoms with Gasteiger partial charge in [0.25, 0.3) is 0 Å². The average molecular weight is 1470 g/mol. The monoisotopic (exact) mass is 1470 g/mol. The van der Waals surface area contributed by atoms with Gasteiger partial charge in [0.05, 0.1) is 18.1 Å². The second-order valence-corrected chi connectivity index (χ2v) is 26.4. The van der Waals surface area contributed by atoms with Crippen LogP contribution in [-0.4, -0.2) is 244 Å². The molecule has 3 aliphatic heterocycles. The van der Waals surface area contributed by atoms with E-state index in [0.717, 1.165) is 0 Å². The van der Waals surface area contributed by atoms with E-state index in [2.05, 4.69) is 21.3 Å². The van der Waals surface area contributed by atoms with Crippen LogP contribution >= 0.6 is 0 Å². The second kappa shape index (κ2) is 48.5. The summed E-state index contributed by atoms with van der Waals surface area (Å²) in [6.45, 7) is 17.5. The molecule has 3 heterocycles. The molecule has 0 aromatic heterocycles. The number of rotatable bonds is 48. The highest BCUT2D eigenvalue weighted by atomic mass is 16.7. The highest BCUT2D eigenvalue weighted by molar-refractivity contribution is 5.79. The molecule has 3 fully saturated rings. The fourth-order valence-electron chi connectivity index (χ4n) is 12.4. The molecule has 0 spiro atoms. The van der Waals surface area contributed by atoms with E-state index in [-0.39, 0.29) is 153 Å². The molecule has 6 amide bonds. The summed E-state index contributed by atoms with van der Waals surface area (Å²) >= 11 is 0. The molecule has 0 aliphatic carbocycles. The van der Waals surface area contributed by atoms with Crippen molar-refractivity contribution in [3.05, 3.63) is 0 Å². The number of hydrogen-bond donors (Lipinski definition) is 5. The minimum Gasteiger partial charge on any atom is -0.481 e. The minimum atomic E-state index is -1.04. The lowest BCUT2D eigenvalue weighted by Crippen LogP contribution is -2.62. The maximum absolute atomic E-state index is 14.2. The molecule has 0 aromatic rings. The molecule has 0 radical (unpaired) electrons. The number of hydrogen-bond acceptors (Lipinski definition) is 26. The van der Waals surface area contributed by atoms with Gasteiger partial charge in [-0.25, -0.2) is 0 Å². The molecule has 6 unspecified atom stereocenters. The Morgan fingerprint density at radius 1 is 0.369 bits per heavy atom. The quantitative estimate of drug-likeness (QED) is 0.0330. The van der Waals surface area contributed by atoms with E-state index in [9.17, 15) is 72.2 Å². The fourth-order valence-corrected chi connectivity index (χ4v) is 12.4. The van der Waals surface area contributed by atoms with Crippen molar-refractivity contribution in [2.75, 3.05) is 72.4 Å². The van der Waals surface area contributed by atoms with Crippen LogP contribution in [0.1, 0.15) is 199 Å². The third kappa shape index (κ3) is 35.7. The van der Waals surface area contributed by atoms with Gasteiger partial charge in [-0.1, -0.05) is 20.8 Å². The standard InChI is InChI=1S/C70H114N6O27/c1-42-62(72-45(4)77)68(101-55(39-95-48(7)80)65(42)98-51(10)83)92-36-20-16-26-54(86)25-15-19-32-75(60(89)29-18-22-38-94-70-64(74-47(6)79)44(3)67(100-53(12)85)57(103-70)41-97-50(9)82)34-24-35-76(59(88)28-13-14-30-61(90)91)33-23-31-71-58(87)27-17-21-37-93-69-63(73-46(5)78)43(2)66(99-52(11)84)56(102-69)40-96-49(8)81/h42-44,55-57,62-70H,13-41H2,1-12H3,(H,71,87)(H,72,77)(H,73,78)(H,74,79)(H,90,91)/t42-,43-,44-,55?,56?,57?,62?,63?,64?,65-,66-,67-,68-,69-,70-/m1/s1. The predicted molar refractivity (Wildman–Crippen MR) is 363 cm³/mol. The van der Waals surface area contributed by atoms with Crippen molar-refractivity contribution in [1.29, 1.82) is 0 Å². The zero-order valence-electron chi connectivity index (χ0n) is 62.1. The first-order valence-corrected chi connectivity index (χ1v) is 35.9. The highest BCUT2D eigenvalue weighted by Crippen LogP contribution is 2.33. The van der Waals surface area contributed by atoms with Crippen LogP contribution in [0.2, 0.25) is 0 Å². The van der Waals surface area contributed by atoms with E-state index in [0.29, 0.717) is 70.6 Å². The fraction of sp³-hybridized carbons (Fsp3) is 0.800. The largest absolute Gasteiger partial charge is 0.481 e. The number of carboxylic acid groups (broad SMARTS) is 1. The van der Waals surface area contributed by atoms with Crippen LogP contribution in [0.3, 0.4) is 0 Å². The van der Waals surface area contributed by atoms with Gasteiger partial charge in [0.15, 0.2) is 18.9 Å². The number of ketones is 1. The number of ether oxygens (including phenoxy) is 12. The van der Waals surface area contributed by atoms with E-state index in [1.54, 1.807) is 30.6 Å². The smallest absolute Gasteiger partial charge is 0.303 e. The lowest BCUT2D eigenvalue weighted by atomic mass is 9.88. The molecule has 3 rings (SSSR count). The van der Waals surface area contributed by atoms with Gasteiger partial charge in [0, 0.05) is 171 Å². The normalized spacial score (nSPS) is 24.4. The van der Waals surface area contributed by atoms with E-state index < -0.39 is 139 Å². The molecule has 103 heavy (non-hydrogen) atoms. The first-order chi connectivity index (χ1) is 48.8. The zero-order chi connectivity index (χ0) is 76.7. The van der Waals surface area contributed by atoms with Gasteiger partial charge in [-0.3, -0.25) is 67.1 Å². The number of amides is 6. The minimum absolute atomic E-state index is 0.0102. The van der Waals surface area contributed by atoms with Crippen molar-refractivity contribution in [2.45, 2.75) is 272 Å². The lowest BCUT2D eigenvalue weighted by molar-refractivity contribution is -0.262. The Hall–Kier alpha value is -7.46. The molecule has 0 bridgehead atoms. The number of carbonyl (C=O) groups is 14. The van der Waals surface area contributed by atoms with Crippen LogP contribution in [0.25, 0.3) is 0 Å². The number of nitrogens with zero attached hydrogens (tertiary/aromatic N) is 2. The molecule has 33 heteroatoms. The zero-order valence-corrected chi connectivity index (χ0v) is 62.1. The number of Topliss-reactive ketones (excluding diaryl/α,β-unsaturated/α-hetero) is 1. The topological polar surface area (TPSA) is 425 Å². The Kier molecular flexibility index (Phi) is 42.3. The summed E-state index contributed by atoms with van der Waals surface area (Å²) in [4.78, 5) is 177. The molecule has 586 valence electrons. The lowest BCUT2D eigenvalue weighted by Gasteiger charge is -2.44. The third-order valence-electron chi connectivity index (χ3n) is 17.5. The first-order valence-electron chi connectivity index (χ1n) is 35.9. The van der Waals surface area contributed by atoms with Crippen molar-refractivity contribution in [3.63, 3.8) is 0 Å². The first kappa shape index (κ1) is 89.8. The maximum atomic E-state index is 14.2. The van der Waals surface area contributed by atoms with Crippen LogP contribution in [0.4, 0.5) is 0 Å². The summed E-state index contributed by atoms with van der Waals surface area (Å²) in [6, 6.07) is -2.22. The Morgan fingerprint density at radius 3 is 1.02 bits per heavy atom. The number of nitrogens with one attached hydrogen (secondary N) is 4. The second-order valence-electron chi connectivity index (χ2n) is 26.4. The van der Waals surface area contributed by atoms with Crippen molar-refractivity contribution >= 4 is 83.0 Å². The van der Waals surface area contributed by atoms with E-state index in [1.165, 1.54) is 62.3 Å². The molecular weight excluding hydrogens is 1360 g/mol. The van der Waals surface area contributed by atoms with Crippen LogP contribution < -0.4 is 21.3 Å². The molecule has 0 aromatic carbocycles. The van der Waals surface area contributed by atoms with Crippen molar-refractivity contribution in [1.82, 2.24) is 31.1 Å². The Bertz CT molecular complexity index is 2750. The molecule has 5 N–H and O–H groups in total. The van der Waals surface area contributed by atoms with Gasteiger partial charge >= 0.3 is 41.8 Å². The molecule has 3 saturated heterocycles. The number of carboxylic acids is 1. The summed E-state index contributed by atoms with van der Waals surface area (Å²) in [6.07, 6.45) is -3.00. The van der Waals surface area contributed by atoms with Gasteiger partial charge in [-0.15, -0.1) is 0 Å². The van der Waals surface area contributed by atoms with Crippen LogP contribution in [0.15, 0.2) is 0 Å². The molecule has 0 saturated carbocycles. The maximum Gasteiger partial charge on any atom is 0.303 e. The Balaban J connectivity index is 1.67. The van der Waals surface area contributed by atoms with Gasteiger partial charge in [0.2, 0.25) is 35.4 Å². The summed E-state index contributed by atoms with van der Waals surface area (Å²) in [5.74, 6) is -7.84. The molecule has 15 atom stereocenters. The van der Waals surface area contributed by atoms with E-state index >= 15 is 0 Å². The van der Waals surface area contributed by atoms with Gasteiger partial charge in [-0.2, -0.15) is 0 Å².